The maximum Gasteiger partial charge on any atom is 0.254 e. The Kier molecular flexibility index (Phi) is 5.55. The van der Waals surface area contributed by atoms with E-state index in [4.69, 9.17) is 0 Å². The lowest BCUT2D eigenvalue weighted by Crippen LogP contribution is -2.42. The SMILES string of the molecule is CCN1CCCN(C(=O)c2cccc(NC(C)=O)c2)C(C)C1. The molecule has 0 radical (unpaired) electrons. The van der Waals surface area contributed by atoms with Crippen LogP contribution in [-0.2, 0) is 4.79 Å². The summed E-state index contributed by atoms with van der Waals surface area (Å²) in [5.74, 6) is -0.0935. The van der Waals surface area contributed by atoms with Crippen LogP contribution in [0, 0.1) is 0 Å². The van der Waals surface area contributed by atoms with Gasteiger partial charge in [0.2, 0.25) is 5.91 Å². The number of likely N-dealkylation sites (N-methyl/N-ethyl adjacent to an activating group) is 1. The van der Waals surface area contributed by atoms with Gasteiger partial charge in [-0.25, -0.2) is 0 Å². The molecular weight excluding hydrogens is 278 g/mol. The molecule has 1 aromatic rings. The second-order valence-corrected chi connectivity index (χ2v) is 5.86. The predicted octanol–water partition coefficient (Wildman–Crippen LogP) is 2.20. The van der Waals surface area contributed by atoms with E-state index in [9.17, 15) is 9.59 Å². The lowest BCUT2D eigenvalue weighted by Gasteiger charge is -2.29. The van der Waals surface area contributed by atoms with Crippen molar-refractivity contribution in [1.82, 2.24) is 9.80 Å². The first kappa shape index (κ1) is 16.5. The number of amides is 2. The minimum absolute atomic E-state index is 0.0395. The average Bonchev–Trinajstić information content (AvgIpc) is 2.67. The van der Waals surface area contributed by atoms with Gasteiger partial charge in [0, 0.05) is 37.3 Å². The average molecular weight is 303 g/mol. The molecule has 1 N–H and O–H groups in total. The van der Waals surface area contributed by atoms with E-state index in [-0.39, 0.29) is 17.9 Å². The third kappa shape index (κ3) is 4.07. The zero-order valence-corrected chi connectivity index (χ0v) is 13.6. The molecule has 1 saturated heterocycles. The zero-order valence-electron chi connectivity index (χ0n) is 13.6. The lowest BCUT2D eigenvalue weighted by atomic mass is 10.1. The molecule has 0 saturated carbocycles. The van der Waals surface area contributed by atoms with Gasteiger partial charge in [0.25, 0.3) is 5.91 Å². The first-order chi connectivity index (χ1) is 10.5. The minimum atomic E-state index is -0.133. The summed E-state index contributed by atoms with van der Waals surface area (Å²) in [4.78, 5) is 28.3. The summed E-state index contributed by atoms with van der Waals surface area (Å²) in [6, 6.07) is 7.35. The maximum absolute atomic E-state index is 12.8. The number of hydrogen-bond donors (Lipinski definition) is 1. The van der Waals surface area contributed by atoms with Gasteiger partial charge in [-0.2, -0.15) is 0 Å². The van der Waals surface area contributed by atoms with Crippen LogP contribution in [0.3, 0.4) is 0 Å². The van der Waals surface area contributed by atoms with Crippen molar-refractivity contribution in [2.24, 2.45) is 0 Å². The Labute approximate surface area is 132 Å². The molecule has 0 aliphatic carbocycles. The smallest absolute Gasteiger partial charge is 0.254 e. The standard InChI is InChI=1S/C17H25N3O2/c1-4-19-9-6-10-20(13(2)12-19)17(22)15-7-5-8-16(11-15)18-14(3)21/h5,7-8,11,13H,4,6,9-10,12H2,1-3H3,(H,18,21). The van der Waals surface area contributed by atoms with Gasteiger partial charge in [0.1, 0.15) is 0 Å². The summed E-state index contributed by atoms with van der Waals surface area (Å²) in [5.41, 5.74) is 1.29. The van der Waals surface area contributed by atoms with Crippen LogP contribution in [0.1, 0.15) is 37.6 Å². The number of rotatable bonds is 3. The van der Waals surface area contributed by atoms with Crippen LogP contribution in [0.2, 0.25) is 0 Å². The van der Waals surface area contributed by atoms with E-state index in [2.05, 4.69) is 24.1 Å². The topological polar surface area (TPSA) is 52.6 Å². The van der Waals surface area contributed by atoms with Crippen molar-refractivity contribution < 1.29 is 9.59 Å². The van der Waals surface area contributed by atoms with Crippen molar-refractivity contribution in [2.75, 3.05) is 31.5 Å². The second-order valence-electron chi connectivity index (χ2n) is 5.86. The summed E-state index contributed by atoms with van der Waals surface area (Å²) >= 11 is 0. The van der Waals surface area contributed by atoms with Crippen molar-refractivity contribution in [3.63, 3.8) is 0 Å². The van der Waals surface area contributed by atoms with E-state index < -0.39 is 0 Å². The van der Waals surface area contributed by atoms with Gasteiger partial charge in [0.05, 0.1) is 0 Å². The molecule has 5 nitrogen and oxygen atoms in total. The van der Waals surface area contributed by atoms with Crippen LogP contribution >= 0.6 is 0 Å². The normalized spacial score (nSPS) is 19.6. The van der Waals surface area contributed by atoms with E-state index in [1.165, 1.54) is 6.92 Å². The molecule has 1 aromatic carbocycles. The molecule has 5 heteroatoms. The van der Waals surface area contributed by atoms with Crippen LogP contribution < -0.4 is 5.32 Å². The Balaban J connectivity index is 2.14. The van der Waals surface area contributed by atoms with Crippen molar-refractivity contribution in [1.29, 1.82) is 0 Å². The van der Waals surface area contributed by atoms with Gasteiger partial charge in [-0.05, 0) is 44.6 Å². The molecule has 0 spiro atoms. The summed E-state index contributed by atoms with van der Waals surface area (Å²) in [5, 5.41) is 2.72. The van der Waals surface area contributed by atoms with E-state index in [0.29, 0.717) is 11.3 Å². The molecule has 1 aliphatic heterocycles. The van der Waals surface area contributed by atoms with Crippen molar-refractivity contribution in [2.45, 2.75) is 33.2 Å². The predicted molar refractivity (Wildman–Crippen MR) is 88.0 cm³/mol. The van der Waals surface area contributed by atoms with Gasteiger partial charge < -0.3 is 15.1 Å². The highest BCUT2D eigenvalue weighted by Gasteiger charge is 2.25. The molecule has 2 rings (SSSR count). The molecule has 1 atom stereocenters. The Bertz CT molecular complexity index is 544. The molecule has 1 heterocycles. The molecule has 1 aliphatic rings. The number of anilines is 1. The van der Waals surface area contributed by atoms with Gasteiger partial charge >= 0.3 is 0 Å². The van der Waals surface area contributed by atoms with E-state index in [1.54, 1.807) is 18.2 Å². The van der Waals surface area contributed by atoms with Gasteiger partial charge in [-0.1, -0.05) is 13.0 Å². The Morgan fingerprint density at radius 1 is 1.32 bits per heavy atom. The number of nitrogens with one attached hydrogen (secondary N) is 1. The first-order valence-corrected chi connectivity index (χ1v) is 7.92. The van der Waals surface area contributed by atoms with E-state index >= 15 is 0 Å². The van der Waals surface area contributed by atoms with Crippen molar-refractivity contribution in [3.8, 4) is 0 Å². The summed E-state index contributed by atoms with van der Waals surface area (Å²) in [6.07, 6.45) is 0.995. The summed E-state index contributed by atoms with van der Waals surface area (Å²) in [7, 11) is 0. The molecule has 0 bridgehead atoms. The number of nitrogens with zero attached hydrogens (tertiary/aromatic N) is 2. The number of carbonyl (C=O) groups is 2. The van der Waals surface area contributed by atoms with E-state index in [0.717, 1.165) is 32.6 Å². The van der Waals surface area contributed by atoms with Gasteiger partial charge in [-0.3, -0.25) is 9.59 Å². The van der Waals surface area contributed by atoms with Crippen LogP contribution in [0.15, 0.2) is 24.3 Å². The quantitative estimate of drug-likeness (QED) is 0.931. The van der Waals surface area contributed by atoms with Gasteiger partial charge in [0.15, 0.2) is 0 Å². The monoisotopic (exact) mass is 303 g/mol. The van der Waals surface area contributed by atoms with Crippen molar-refractivity contribution >= 4 is 17.5 Å². The molecule has 22 heavy (non-hydrogen) atoms. The maximum atomic E-state index is 12.8. The zero-order chi connectivity index (χ0) is 16.1. The fraction of sp³-hybridized carbons (Fsp3) is 0.529. The Morgan fingerprint density at radius 3 is 2.77 bits per heavy atom. The third-order valence-electron chi connectivity index (χ3n) is 4.07. The molecule has 1 unspecified atom stereocenters. The van der Waals surface area contributed by atoms with Crippen molar-refractivity contribution in [3.05, 3.63) is 29.8 Å². The molecule has 0 aromatic heterocycles. The molecule has 120 valence electrons. The summed E-state index contributed by atoms with van der Waals surface area (Å²) in [6.45, 7) is 9.46. The minimum Gasteiger partial charge on any atom is -0.335 e. The fourth-order valence-corrected chi connectivity index (χ4v) is 2.94. The Hall–Kier alpha value is -1.88. The highest BCUT2D eigenvalue weighted by molar-refractivity contribution is 5.97. The number of hydrogen-bond acceptors (Lipinski definition) is 3. The van der Waals surface area contributed by atoms with E-state index in [1.807, 2.05) is 11.0 Å². The van der Waals surface area contributed by atoms with Crippen LogP contribution in [-0.4, -0.2) is 53.8 Å². The lowest BCUT2D eigenvalue weighted by molar-refractivity contribution is -0.114. The number of benzene rings is 1. The fourth-order valence-electron chi connectivity index (χ4n) is 2.94. The largest absolute Gasteiger partial charge is 0.335 e. The highest BCUT2D eigenvalue weighted by Crippen LogP contribution is 2.17. The number of carbonyl (C=O) groups excluding carboxylic acids is 2. The van der Waals surface area contributed by atoms with Gasteiger partial charge in [-0.15, -0.1) is 0 Å². The second kappa shape index (κ2) is 7.40. The van der Waals surface area contributed by atoms with Crippen LogP contribution in [0.25, 0.3) is 0 Å². The third-order valence-corrected chi connectivity index (χ3v) is 4.07. The van der Waals surface area contributed by atoms with Crippen LogP contribution in [0.5, 0.6) is 0 Å². The first-order valence-electron chi connectivity index (χ1n) is 7.92. The van der Waals surface area contributed by atoms with Crippen LogP contribution in [0.4, 0.5) is 5.69 Å². The highest BCUT2D eigenvalue weighted by atomic mass is 16.2. The Morgan fingerprint density at radius 2 is 2.09 bits per heavy atom. The summed E-state index contributed by atoms with van der Waals surface area (Å²) < 4.78 is 0. The molecule has 2 amide bonds. The molecule has 1 fully saturated rings. The molecular formula is C17H25N3O2.